The summed E-state index contributed by atoms with van der Waals surface area (Å²) in [5.74, 6) is 1.36. The Bertz CT molecular complexity index is 1300. The number of ether oxygens (including phenoxy) is 1. The lowest BCUT2D eigenvalue weighted by molar-refractivity contribution is -0.00470. The predicted molar refractivity (Wildman–Crippen MR) is 122 cm³/mol. The summed E-state index contributed by atoms with van der Waals surface area (Å²) in [5.41, 5.74) is 0.414. The molecule has 0 saturated carbocycles. The summed E-state index contributed by atoms with van der Waals surface area (Å²) in [5, 5.41) is 15.0. The molecule has 3 aromatic rings. The van der Waals surface area contributed by atoms with Crippen molar-refractivity contribution in [1.82, 2.24) is 24.8 Å². The molecule has 3 aromatic heterocycles. The van der Waals surface area contributed by atoms with Crippen LogP contribution in [-0.4, -0.2) is 56.7 Å². The maximum Gasteiger partial charge on any atom is 0.251 e. The fraction of sp³-hybridized carbons (Fsp3) is 0.435. The Labute approximate surface area is 193 Å². The summed E-state index contributed by atoms with van der Waals surface area (Å²) >= 11 is 1.68. The van der Waals surface area contributed by atoms with Crippen LogP contribution in [0.4, 0.5) is 4.39 Å². The van der Waals surface area contributed by atoms with Gasteiger partial charge < -0.3 is 19.7 Å². The van der Waals surface area contributed by atoms with Crippen LogP contribution in [0.1, 0.15) is 17.7 Å². The van der Waals surface area contributed by atoms with Gasteiger partial charge in [-0.2, -0.15) is 0 Å². The number of pyridine rings is 3. The molecule has 2 N–H and O–H groups in total. The first-order valence-corrected chi connectivity index (χ1v) is 12.1. The normalized spacial score (nSPS) is 23.9. The van der Waals surface area contributed by atoms with E-state index >= 15 is 0 Å². The van der Waals surface area contributed by atoms with Gasteiger partial charge >= 0.3 is 0 Å². The second-order valence-corrected chi connectivity index (χ2v) is 10.0. The van der Waals surface area contributed by atoms with E-state index in [2.05, 4.69) is 26.3 Å². The van der Waals surface area contributed by atoms with Gasteiger partial charge in [0.05, 0.1) is 46.1 Å². The number of nitrogens with one attached hydrogen (secondary N) is 1. The Morgan fingerprint density at radius 2 is 2.24 bits per heavy atom. The maximum atomic E-state index is 14.8. The first kappa shape index (κ1) is 21.0. The van der Waals surface area contributed by atoms with Gasteiger partial charge in [0.15, 0.2) is 5.75 Å². The second-order valence-electron chi connectivity index (χ2n) is 9.05. The van der Waals surface area contributed by atoms with E-state index in [1.165, 1.54) is 10.6 Å². The highest BCUT2D eigenvalue weighted by atomic mass is 32.2. The molecule has 1 fully saturated rings. The summed E-state index contributed by atoms with van der Waals surface area (Å²) in [7, 11) is 0. The van der Waals surface area contributed by atoms with Gasteiger partial charge in [-0.3, -0.25) is 19.7 Å². The molecule has 0 radical (unpaired) electrons. The van der Waals surface area contributed by atoms with Gasteiger partial charge in [-0.15, -0.1) is 0 Å². The fourth-order valence-electron chi connectivity index (χ4n) is 5.24. The number of nitrogens with zero attached hydrogens (tertiary/aromatic N) is 4. The van der Waals surface area contributed by atoms with Crippen molar-refractivity contribution in [2.75, 3.05) is 32.1 Å². The molecule has 172 valence electrons. The van der Waals surface area contributed by atoms with Crippen LogP contribution in [0, 0.1) is 11.7 Å². The predicted octanol–water partition coefficient (Wildman–Crippen LogP) is 1.69. The molecule has 6 heterocycles. The van der Waals surface area contributed by atoms with Crippen molar-refractivity contribution in [1.29, 1.82) is 0 Å². The van der Waals surface area contributed by atoms with Crippen molar-refractivity contribution in [2.24, 2.45) is 5.92 Å². The maximum absolute atomic E-state index is 14.8. The molecule has 3 aliphatic heterocycles. The lowest BCUT2D eigenvalue weighted by Crippen LogP contribution is -2.42. The van der Waals surface area contributed by atoms with Crippen molar-refractivity contribution in [3.05, 3.63) is 58.0 Å². The van der Waals surface area contributed by atoms with Gasteiger partial charge in [0.25, 0.3) is 5.56 Å². The quantitative estimate of drug-likeness (QED) is 0.564. The Morgan fingerprint density at radius 1 is 1.33 bits per heavy atom. The van der Waals surface area contributed by atoms with Gasteiger partial charge in [-0.05, 0) is 37.6 Å². The van der Waals surface area contributed by atoms with Crippen LogP contribution in [0.3, 0.4) is 0 Å². The van der Waals surface area contributed by atoms with Gasteiger partial charge in [0, 0.05) is 25.7 Å². The number of hydrogen-bond acceptors (Lipinski definition) is 8. The minimum absolute atomic E-state index is 0.0479. The molecule has 0 aromatic carbocycles. The first-order chi connectivity index (χ1) is 16.0. The summed E-state index contributed by atoms with van der Waals surface area (Å²) in [4.78, 5) is 24.2. The van der Waals surface area contributed by atoms with E-state index in [4.69, 9.17) is 4.74 Å². The van der Waals surface area contributed by atoms with Crippen LogP contribution >= 0.6 is 11.8 Å². The molecule has 6 rings (SSSR count). The SMILES string of the molecule is O=c1ccc2ncc(F)c3c2n1C[C@@]3(O)CN1CC[C@@H](CNCc2cc3c(cn2)OCS3)C1. The average Bonchev–Trinajstić information content (AvgIpc) is 3.51. The van der Waals surface area contributed by atoms with Crippen molar-refractivity contribution in [2.45, 2.75) is 30.0 Å². The Balaban J connectivity index is 1.10. The number of fused-ring (bicyclic) bond motifs is 1. The minimum Gasteiger partial charge on any atom is -0.480 e. The van der Waals surface area contributed by atoms with Crippen molar-refractivity contribution in [3.8, 4) is 5.75 Å². The van der Waals surface area contributed by atoms with E-state index in [0.29, 0.717) is 29.4 Å². The van der Waals surface area contributed by atoms with Crippen molar-refractivity contribution >= 4 is 22.8 Å². The summed E-state index contributed by atoms with van der Waals surface area (Å²) in [6.45, 7) is 3.48. The number of β-amino-alcohol motifs (C(OH)–C–C–N with tert-alkyl or cyclic N) is 1. The number of rotatable bonds is 6. The van der Waals surface area contributed by atoms with E-state index < -0.39 is 11.4 Å². The van der Waals surface area contributed by atoms with Gasteiger partial charge in [-0.25, -0.2) is 4.39 Å². The zero-order valence-electron chi connectivity index (χ0n) is 18.0. The van der Waals surface area contributed by atoms with Crippen molar-refractivity contribution < 1.29 is 14.2 Å². The van der Waals surface area contributed by atoms with Crippen LogP contribution in [0.2, 0.25) is 0 Å². The Hall–Kier alpha value is -2.53. The molecule has 0 bridgehead atoms. The molecule has 8 nitrogen and oxygen atoms in total. The Morgan fingerprint density at radius 3 is 3.15 bits per heavy atom. The van der Waals surface area contributed by atoms with E-state index in [9.17, 15) is 14.3 Å². The monoisotopic (exact) mass is 469 g/mol. The molecule has 0 amide bonds. The number of thioether (sulfide) groups is 1. The van der Waals surface area contributed by atoms with Gasteiger partial charge in [-0.1, -0.05) is 11.8 Å². The fourth-order valence-corrected chi connectivity index (χ4v) is 6.03. The number of aromatic nitrogens is 3. The highest BCUT2D eigenvalue weighted by Crippen LogP contribution is 2.38. The summed E-state index contributed by atoms with van der Waals surface area (Å²) < 4.78 is 21.7. The van der Waals surface area contributed by atoms with E-state index in [0.717, 1.165) is 48.6 Å². The first-order valence-electron chi connectivity index (χ1n) is 11.1. The smallest absolute Gasteiger partial charge is 0.251 e. The lowest BCUT2D eigenvalue weighted by Gasteiger charge is -2.29. The average molecular weight is 470 g/mol. The van der Waals surface area contributed by atoms with Crippen LogP contribution in [0.5, 0.6) is 5.75 Å². The molecule has 0 spiro atoms. The topological polar surface area (TPSA) is 92.5 Å². The van der Waals surface area contributed by atoms with Crippen LogP contribution in [0.25, 0.3) is 11.0 Å². The molecule has 3 aliphatic rings. The highest BCUT2D eigenvalue weighted by Gasteiger charge is 2.43. The number of likely N-dealkylation sites (tertiary alicyclic amines) is 1. The van der Waals surface area contributed by atoms with Gasteiger partial charge in [0.1, 0.15) is 17.4 Å². The summed E-state index contributed by atoms with van der Waals surface area (Å²) in [6.07, 6.45) is 3.91. The zero-order valence-corrected chi connectivity index (χ0v) is 18.8. The molecule has 2 atom stereocenters. The van der Waals surface area contributed by atoms with Crippen LogP contribution < -0.4 is 15.6 Å². The molecule has 0 aliphatic carbocycles. The molecular formula is C23H24FN5O3S. The second kappa shape index (κ2) is 8.05. The number of hydrogen-bond donors (Lipinski definition) is 2. The standard InChI is InChI=1S/C23H24FN5O3S/c24-16-8-27-17-1-2-20(30)29-12-23(31,21(16)22(17)29)11-28-4-3-14(10-28)6-25-7-15-5-19-18(9-26-15)32-13-33-19/h1-2,5,8-9,14,25,31H,3-4,6-7,10-13H2/t14-,23-/m0/s1. The van der Waals surface area contributed by atoms with Crippen molar-refractivity contribution in [3.63, 3.8) is 0 Å². The van der Waals surface area contributed by atoms with E-state index in [1.54, 1.807) is 24.0 Å². The lowest BCUT2D eigenvalue weighted by atomic mass is 9.95. The Kier molecular flexibility index (Phi) is 5.13. The largest absolute Gasteiger partial charge is 0.480 e. The van der Waals surface area contributed by atoms with E-state index in [-0.39, 0.29) is 24.2 Å². The molecule has 0 unspecified atom stereocenters. The molecule has 10 heteroatoms. The number of halogens is 1. The third kappa shape index (κ3) is 3.71. The van der Waals surface area contributed by atoms with Crippen LogP contribution in [0.15, 0.2) is 40.3 Å². The highest BCUT2D eigenvalue weighted by molar-refractivity contribution is 7.99. The zero-order chi connectivity index (χ0) is 22.6. The van der Waals surface area contributed by atoms with E-state index in [1.807, 2.05) is 0 Å². The third-order valence-corrected chi connectivity index (χ3v) is 7.62. The third-order valence-electron chi connectivity index (χ3n) is 6.75. The molecular weight excluding hydrogens is 445 g/mol. The summed E-state index contributed by atoms with van der Waals surface area (Å²) in [6, 6.07) is 5.07. The van der Waals surface area contributed by atoms with Crippen LogP contribution in [-0.2, 0) is 18.7 Å². The molecule has 1 saturated heterocycles. The van der Waals surface area contributed by atoms with Gasteiger partial charge in [0.2, 0.25) is 0 Å². The minimum atomic E-state index is -1.45. The molecule has 33 heavy (non-hydrogen) atoms. The number of aliphatic hydroxyl groups is 1.